The SMILES string of the molecule is Cc1ccc(O)c2[nH]c3c(C(N)=O)nc(C(=O)Nc4cccnc4)cc3c12. The largest absolute Gasteiger partial charge is 0.506 e. The van der Waals surface area contributed by atoms with Crippen molar-refractivity contribution in [2.24, 2.45) is 5.73 Å². The first-order valence-corrected chi connectivity index (χ1v) is 8.12. The molecule has 0 atom stereocenters. The lowest BCUT2D eigenvalue weighted by molar-refractivity contribution is 0.0996. The molecule has 8 heteroatoms. The Balaban J connectivity index is 1.94. The standard InChI is InChI=1S/C19H15N5O3/c1-9-4-5-13(25)16-14(9)11-7-12(23-17(18(20)26)15(11)24-16)19(27)22-10-3-2-6-21-8-10/h2-8,24-25H,1H3,(H2,20,26)(H,22,27). The van der Waals surface area contributed by atoms with Crippen LogP contribution in [0.3, 0.4) is 0 Å². The second kappa shape index (κ2) is 6.10. The molecular formula is C19H15N5O3. The van der Waals surface area contributed by atoms with Crippen LogP contribution in [-0.4, -0.2) is 31.9 Å². The molecule has 4 aromatic rings. The fraction of sp³-hybridized carbons (Fsp3) is 0.0526. The highest BCUT2D eigenvalue weighted by atomic mass is 16.3. The minimum atomic E-state index is -0.778. The maximum atomic E-state index is 12.6. The maximum Gasteiger partial charge on any atom is 0.274 e. The molecule has 0 spiro atoms. The molecule has 5 N–H and O–H groups in total. The van der Waals surface area contributed by atoms with Gasteiger partial charge in [0.05, 0.1) is 22.9 Å². The van der Waals surface area contributed by atoms with E-state index in [4.69, 9.17) is 5.73 Å². The van der Waals surface area contributed by atoms with Crippen molar-refractivity contribution in [3.8, 4) is 5.75 Å². The predicted octanol–water partition coefficient (Wildman–Crippen LogP) is 2.48. The van der Waals surface area contributed by atoms with Crippen molar-refractivity contribution in [1.29, 1.82) is 0 Å². The van der Waals surface area contributed by atoms with Crippen LogP contribution in [0.5, 0.6) is 5.75 Å². The first kappa shape index (κ1) is 16.5. The molecule has 134 valence electrons. The van der Waals surface area contributed by atoms with Gasteiger partial charge < -0.3 is 21.1 Å². The van der Waals surface area contributed by atoms with Gasteiger partial charge in [0.2, 0.25) is 0 Å². The molecule has 3 aromatic heterocycles. The van der Waals surface area contributed by atoms with Gasteiger partial charge >= 0.3 is 0 Å². The number of primary amides is 1. The molecule has 8 nitrogen and oxygen atoms in total. The number of aromatic amines is 1. The molecule has 0 radical (unpaired) electrons. The Morgan fingerprint density at radius 3 is 2.74 bits per heavy atom. The monoisotopic (exact) mass is 361 g/mol. The molecule has 0 bridgehead atoms. The summed E-state index contributed by atoms with van der Waals surface area (Å²) >= 11 is 0. The van der Waals surface area contributed by atoms with Gasteiger partial charge in [-0.1, -0.05) is 6.07 Å². The number of H-pyrrole nitrogens is 1. The fourth-order valence-electron chi connectivity index (χ4n) is 3.09. The number of amides is 2. The van der Waals surface area contributed by atoms with Gasteiger partial charge in [0.1, 0.15) is 11.4 Å². The third-order valence-corrected chi connectivity index (χ3v) is 4.32. The predicted molar refractivity (Wildman–Crippen MR) is 101 cm³/mol. The van der Waals surface area contributed by atoms with E-state index in [9.17, 15) is 14.7 Å². The molecule has 0 aliphatic rings. The Morgan fingerprint density at radius 1 is 1.22 bits per heavy atom. The molecule has 0 unspecified atom stereocenters. The summed E-state index contributed by atoms with van der Waals surface area (Å²) in [6.45, 7) is 1.87. The highest BCUT2D eigenvalue weighted by molar-refractivity contribution is 6.18. The number of rotatable bonds is 3. The molecule has 27 heavy (non-hydrogen) atoms. The topological polar surface area (TPSA) is 134 Å². The summed E-state index contributed by atoms with van der Waals surface area (Å²) in [7, 11) is 0. The van der Waals surface area contributed by atoms with E-state index in [2.05, 4.69) is 20.3 Å². The molecule has 1 aromatic carbocycles. The lowest BCUT2D eigenvalue weighted by atomic mass is 10.1. The number of fused-ring (bicyclic) bond motifs is 3. The van der Waals surface area contributed by atoms with Crippen LogP contribution in [0, 0.1) is 6.92 Å². The van der Waals surface area contributed by atoms with Gasteiger partial charge in [0.25, 0.3) is 11.8 Å². The highest BCUT2D eigenvalue weighted by Crippen LogP contribution is 2.34. The zero-order valence-corrected chi connectivity index (χ0v) is 14.3. The molecule has 0 aliphatic heterocycles. The van der Waals surface area contributed by atoms with Gasteiger partial charge in [-0.2, -0.15) is 0 Å². The van der Waals surface area contributed by atoms with Crippen molar-refractivity contribution in [2.45, 2.75) is 6.92 Å². The second-order valence-electron chi connectivity index (χ2n) is 6.12. The molecule has 4 rings (SSSR count). The van der Waals surface area contributed by atoms with E-state index >= 15 is 0 Å². The van der Waals surface area contributed by atoms with Gasteiger partial charge in [0.15, 0.2) is 5.69 Å². The van der Waals surface area contributed by atoms with Crippen molar-refractivity contribution in [3.05, 3.63) is 59.7 Å². The number of phenolic OH excluding ortho intramolecular Hbond substituents is 1. The third-order valence-electron chi connectivity index (χ3n) is 4.32. The summed E-state index contributed by atoms with van der Waals surface area (Å²) in [5.41, 5.74) is 7.63. The first-order chi connectivity index (χ1) is 13.0. The number of carbonyl (C=O) groups is 2. The van der Waals surface area contributed by atoms with Gasteiger partial charge in [-0.3, -0.25) is 14.6 Å². The minimum absolute atomic E-state index is 0.0311. The van der Waals surface area contributed by atoms with E-state index in [1.54, 1.807) is 36.5 Å². The number of aryl methyl sites for hydroxylation is 1. The molecule has 2 amide bonds. The molecule has 3 heterocycles. The molecule has 0 saturated heterocycles. The Bertz CT molecular complexity index is 1210. The van der Waals surface area contributed by atoms with Crippen LogP contribution in [0.25, 0.3) is 21.8 Å². The summed E-state index contributed by atoms with van der Waals surface area (Å²) in [6.07, 6.45) is 3.09. The average Bonchev–Trinajstić information content (AvgIpc) is 3.05. The number of nitrogens with two attached hydrogens (primary N) is 1. The number of nitrogens with zero attached hydrogens (tertiary/aromatic N) is 2. The van der Waals surface area contributed by atoms with Crippen molar-refractivity contribution >= 4 is 39.3 Å². The number of phenols is 1. The first-order valence-electron chi connectivity index (χ1n) is 8.12. The highest BCUT2D eigenvalue weighted by Gasteiger charge is 2.20. The summed E-state index contributed by atoms with van der Waals surface area (Å²) < 4.78 is 0. The quantitative estimate of drug-likeness (QED) is 0.445. The lowest BCUT2D eigenvalue weighted by Crippen LogP contribution is -2.19. The van der Waals surface area contributed by atoms with Crippen LogP contribution in [0.1, 0.15) is 26.5 Å². The Kier molecular flexibility index (Phi) is 3.73. The summed E-state index contributed by atoms with van der Waals surface area (Å²) in [6, 6.07) is 8.25. The number of nitrogens with one attached hydrogen (secondary N) is 2. The van der Waals surface area contributed by atoms with Gasteiger partial charge in [-0.05, 0) is 36.8 Å². The number of hydrogen-bond acceptors (Lipinski definition) is 5. The number of carbonyl (C=O) groups excluding carboxylic acids is 2. The van der Waals surface area contributed by atoms with Crippen LogP contribution in [-0.2, 0) is 0 Å². The van der Waals surface area contributed by atoms with Crippen LogP contribution in [0.4, 0.5) is 5.69 Å². The van der Waals surface area contributed by atoms with E-state index in [-0.39, 0.29) is 17.1 Å². The van der Waals surface area contributed by atoms with Crippen molar-refractivity contribution in [2.75, 3.05) is 5.32 Å². The molecule has 0 fully saturated rings. The number of aromatic hydroxyl groups is 1. The number of pyridine rings is 2. The van der Waals surface area contributed by atoms with E-state index in [1.807, 2.05) is 6.92 Å². The van der Waals surface area contributed by atoms with E-state index in [0.717, 1.165) is 5.56 Å². The van der Waals surface area contributed by atoms with E-state index < -0.39 is 11.8 Å². The smallest absolute Gasteiger partial charge is 0.274 e. The Labute approximate surface area is 153 Å². The lowest BCUT2D eigenvalue weighted by Gasteiger charge is -2.06. The number of aromatic nitrogens is 3. The summed E-state index contributed by atoms with van der Waals surface area (Å²) in [5, 5.41) is 14.1. The number of anilines is 1. The Hall–Kier alpha value is -3.94. The van der Waals surface area contributed by atoms with Gasteiger partial charge in [-0.15, -0.1) is 0 Å². The minimum Gasteiger partial charge on any atom is -0.506 e. The maximum absolute atomic E-state index is 12.6. The van der Waals surface area contributed by atoms with Crippen LogP contribution >= 0.6 is 0 Å². The van der Waals surface area contributed by atoms with Crippen LogP contribution in [0.2, 0.25) is 0 Å². The summed E-state index contributed by atoms with van der Waals surface area (Å²) in [5.74, 6) is -1.25. The number of hydrogen-bond donors (Lipinski definition) is 4. The normalized spacial score (nSPS) is 11.0. The van der Waals surface area contributed by atoms with Crippen molar-refractivity contribution in [1.82, 2.24) is 15.0 Å². The van der Waals surface area contributed by atoms with E-state index in [0.29, 0.717) is 27.5 Å². The van der Waals surface area contributed by atoms with Crippen molar-refractivity contribution < 1.29 is 14.7 Å². The van der Waals surface area contributed by atoms with Crippen LogP contribution < -0.4 is 11.1 Å². The molecule has 0 saturated carbocycles. The number of benzene rings is 1. The van der Waals surface area contributed by atoms with Gasteiger partial charge in [-0.25, -0.2) is 4.98 Å². The van der Waals surface area contributed by atoms with Crippen LogP contribution in [0.15, 0.2) is 42.7 Å². The molecule has 0 aliphatic carbocycles. The fourth-order valence-corrected chi connectivity index (χ4v) is 3.09. The van der Waals surface area contributed by atoms with E-state index in [1.165, 1.54) is 6.20 Å². The zero-order chi connectivity index (χ0) is 19.1. The molecular weight excluding hydrogens is 346 g/mol. The summed E-state index contributed by atoms with van der Waals surface area (Å²) in [4.78, 5) is 35.6. The third kappa shape index (κ3) is 2.73. The van der Waals surface area contributed by atoms with Crippen molar-refractivity contribution in [3.63, 3.8) is 0 Å². The average molecular weight is 361 g/mol. The van der Waals surface area contributed by atoms with Gasteiger partial charge in [0, 0.05) is 17.0 Å². The second-order valence-corrected chi connectivity index (χ2v) is 6.12. The Morgan fingerprint density at radius 2 is 2.04 bits per heavy atom. The zero-order valence-electron chi connectivity index (χ0n) is 14.3.